The molecule has 0 bridgehead atoms. The number of carboxylic acids is 2. The molecule has 1 saturated carbocycles. The molecule has 0 atom stereocenters. The van der Waals surface area contributed by atoms with Gasteiger partial charge in [0.25, 0.3) is 0 Å². The fourth-order valence-corrected chi connectivity index (χ4v) is 3.77. The van der Waals surface area contributed by atoms with Crippen molar-refractivity contribution in [3.8, 4) is 11.3 Å². The van der Waals surface area contributed by atoms with Gasteiger partial charge in [-0.3, -0.25) is 14.4 Å². The quantitative estimate of drug-likeness (QED) is 0.773. The van der Waals surface area contributed by atoms with Gasteiger partial charge < -0.3 is 14.8 Å². The highest BCUT2D eigenvalue weighted by Gasteiger charge is 2.50. The molecule has 0 saturated heterocycles. The van der Waals surface area contributed by atoms with Crippen LogP contribution in [0.2, 0.25) is 0 Å². The summed E-state index contributed by atoms with van der Waals surface area (Å²) >= 11 is 0. The first-order valence-corrected chi connectivity index (χ1v) is 8.30. The molecule has 136 valence electrons. The van der Waals surface area contributed by atoms with Gasteiger partial charge in [0.2, 0.25) is 5.92 Å². The molecule has 1 aromatic heterocycles. The third-order valence-electron chi connectivity index (χ3n) is 5.00. The molecule has 26 heavy (non-hydrogen) atoms. The molecule has 1 aliphatic carbocycles. The van der Waals surface area contributed by atoms with Gasteiger partial charge in [0.05, 0.1) is 0 Å². The monoisotopic (exact) mass is 359 g/mol. The molecule has 1 aliphatic rings. The molecule has 0 spiro atoms. The zero-order chi connectivity index (χ0) is 18.9. The summed E-state index contributed by atoms with van der Waals surface area (Å²) in [6.07, 6.45) is 3.78. The maximum atomic E-state index is 13.2. The Bertz CT molecular complexity index is 835. The van der Waals surface area contributed by atoms with Crippen molar-refractivity contribution in [2.75, 3.05) is 0 Å². The van der Waals surface area contributed by atoms with E-state index in [-0.39, 0.29) is 0 Å². The largest absolute Gasteiger partial charge is 0.480 e. The highest BCUT2D eigenvalue weighted by molar-refractivity contribution is 6.16. The molecule has 1 aromatic carbocycles. The Hall–Kier alpha value is -2.96. The zero-order valence-electron chi connectivity index (χ0n) is 13.9. The first kappa shape index (κ1) is 17.8. The Morgan fingerprint density at radius 3 is 2.12 bits per heavy atom. The molecular formula is C19H18FNO5. The van der Waals surface area contributed by atoms with Crippen molar-refractivity contribution < 1.29 is 29.0 Å². The molecule has 0 aliphatic heterocycles. The lowest BCUT2D eigenvalue weighted by atomic mass is 9.83. The molecule has 0 amide bonds. The van der Waals surface area contributed by atoms with E-state index in [1.54, 1.807) is 35.0 Å². The van der Waals surface area contributed by atoms with Crippen LogP contribution in [-0.2, 0) is 19.9 Å². The average molecular weight is 359 g/mol. The van der Waals surface area contributed by atoms with E-state index in [0.29, 0.717) is 36.9 Å². The van der Waals surface area contributed by atoms with Gasteiger partial charge in [-0.15, -0.1) is 0 Å². The highest BCUT2D eigenvalue weighted by atomic mass is 19.1. The number of aromatic nitrogens is 1. The molecule has 2 N–H and O–H groups in total. The van der Waals surface area contributed by atoms with Gasteiger partial charge in [0.1, 0.15) is 11.4 Å². The Morgan fingerprint density at radius 1 is 1.00 bits per heavy atom. The summed E-state index contributed by atoms with van der Waals surface area (Å²) in [5, 5.41) is 18.5. The first-order valence-electron chi connectivity index (χ1n) is 8.30. The van der Waals surface area contributed by atoms with Crippen LogP contribution in [0.3, 0.4) is 0 Å². The number of carboxylic acid groups (broad SMARTS) is 2. The number of hydrogen-bond donors (Lipinski definition) is 2. The van der Waals surface area contributed by atoms with Crippen molar-refractivity contribution in [3.05, 3.63) is 48.4 Å². The molecule has 1 heterocycles. The van der Waals surface area contributed by atoms with E-state index in [1.807, 2.05) is 0 Å². The van der Waals surface area contributed by atoms with Crippen molar-refractivity contribution in [1.82, 2.24) is 4.57 Å². The van der Waals surface area contributed by atoms with Crippen molar-refractivity contribution in [2.45, 2.75) is 31.2 Å². The lowest BCUT2D eigenvalue weighted by Gasteiger charge is -2.33. The third-order valence-corrected chi connectivity index (χ3v) is 5.00. The number of nitrogens with zero attached hydrogens (tertiary/aromatic N) is 1. The highest BCUT2D eigenvalue weighted by Crippen LogP contribution is 2.42. The lowest BCUT2D eigenvalue weighted by molar-refractivity contribution is -0.160. The predicted molar refractivity (Wildman–Crippen MR) is 90.0 cm³/mol. The van der Waals surface area contributed by atoms with E-state index in [9.17, 15) is 29.0 Å². The average Bonchev–Trinajstić information content (AvgIpc) is 3.24. The summed E-state index contributed by atoms with van der Waals surface area (Å²) in [5.41, 5.74) is 0.0572. The van der Waals surface area contributed by atoms with Gasteiger partial charge in [-0.25, -0.2) is 4.39 Å². The van der Waals surface area contributed by atoms with Crippen molar-refractivity contribution in [1.29, 1.82) is 0 Å². The number of hydrogen-bond acceptors (Lipinski definition) is 3. The summed E-state index contributed by atoms with van der Waals surface area (Å²) in [4.78, 5) is 35.8. The number of carbonyl (C=O) groups excluding carboxylic acids is 1. The van der Waals surface area contributed by atoms with E-state index in [2.05, 4.69) is 0 Å². The third kappa shape index (κ3) is 2.89. The molecule has 1 fully saturated rings. The summed E-state index contributed by atoms with van der Waals surface area (Å²) in [5.74, 6) is -6.66. The standard InChI is InChI=1S/C19H18FNO5/c20-13-7-5-12(6-8-13)14-4-3-11-21(14)19(9-1-2-10-19)16(22)15(17(23)24)18(25)26/h3-8,11,15H,1-2,9-10H2,(H,23,24)(H,25,26). The van der Waals surface area contributed by atoms with Crippen molar-refractivity contribution in [2.24, 2.45) is 5.92 Å². The summed E-state index contributed by atoms with van der Waals surface area (Å²) in [6, 6.07) is 9.19. The van der Waals surface area contributed by atoms with Crippen LogP contribution in [0.4, 0.5) is 4.39 Å². The minimum atomic E-state index is -2.11. The van der Waals surface area contributed by atoms with Gasteiger partial charge in [-0.2, -0.15) is 0 Å². The van der Waals surface area contributed by atoms with E-state index >= 15 is 0 Å². The lowest BCUT2D eigenvalue weighted by Crippen LogP contribution is -2.48. The summed E-state index contributed by atoms with van der Waals surface area (Å²) in [7, 11) is 0. The number of halogens is 1. The maximum Gasteiger partial charge on any atom is 0.325 e. The number of rotatable bonds is 6. The Kier molecular flexibility index (Phi) is 4.63. The zero-order valence-corrected chi connectivity index (χ0v) is 13.9. The summed E-state index contributed by atoms with van der Waals surface area (Å²) in [6.45, 7) is 0. The Labute approximate surface area is 148 Å². The van der Waals surface area contributed by atoms with Crippen LogP contribution < -0.4 is 0 Å². The minimum absolute atomic E-state index is 0.367. The Balaban J connectivity index is 2.11. The normalized spacial score (nSPS) is 15.9. The molecular weight excluding hydrogens is 341 g/mol. The van der Waals surface area contributed by atoms with Crippen LogP contribution in [-0.4, -0.2) is 32.5 Å². The van der Waals surface area contributed by atoms with E-state index in [1.165, 1.54) is 12.1 Å². The molecule has 0 radical (unpaired) electrons. The predicted octanol–water partition coefficient (Wildman–Crippen LogP) is 2.92. The van der Waals surface area contributed by atoms with Crippen LogP contribution in [0.5, 0.6) is 0 Å². The van der Waals surface area contributed by atoms with Crippen molar-refractivity contribution in [3.63, 3.8) is 0 Å². The van der Waals surface area contributed by atoms with Gasteiger partial charge >= 0.3 is 11.9 Å². The Morgan fingerprint density at radius 2 is 1.58 bits per heavy atom. The number of Topliss-reactive ketones (excluding diaryl/α,β-unsaturated/α-hetero) is 1. The maximum absolute atomic E-state index is 13.2. The van der Waals surface area contributed by atoms with Gasteiger partial charge in [-0.05, 0) is 54.8 Å². The molecule has 0 unspecified atom stereocenters. The smallest absolute Gasteiger partial charge is 0.325 e. The molecule has 3 rings (SSSR count). The van der Waals surface area contributed by atoms with Crippen LogP contribution >= 0.6 is 0 Å². The van der Waals surface area contributed by atoms with Gasteiger partial charge in [-0.1, -0.05) is 12.8 Å². The minimum Gasteiger partial charge on any atom is -0.480 e. The van der Waals surface area contributed by atoms with Crippen LogP contribution in [0.1, 0.15) is 25.7 Å². The number of ketones is 1. The molecule has 6 nitrogen and oxygen atoms in total. The fourth-order valence-electron chi connectivity index (χ4n) is 3.77. The van der Waals surface area contributed by atoms with E-state index < -0.39 is 35.0 Å². The topological polar surface area (TPSA) is 96.6 Å². The van der Waals surface area contributed by atoms with Gasteiger partial charge in [0.15, 0.2) is 5.78 Å². The fraction of sp³-hybridized carbons (Fsp3) is 0.316. The molecule has 2 aromatic rings. The van der Waals surface area contributed by atoms with Crippen LogP contribution in [0, 0.1) is 11.7 Å². The van der Waals surface area contributed by atoms with Crippen LogP contribution in [0.25, 0.3) is 11.3 Å². The van der Waals surface area contributed by atoms with E-state index in [4.69, 9.17) is 0 Å². The summed E-state index contributed by atoms with van der Waals surface area (Å²) < 4.78 is 14.9. The SMILES string of the molecule is O=C(O)C(C(=O)O)C(=O)C1(n2cccc2-c2ccc(F)cc2)CCCC1. The second-order valence-corrected chi connectivity index (χ2v) is 6.48. The van der Waals surface area contributed by atoms with E-state index in [0.717, 1.165) is 0 Å². The first-order chi connectivity index (χ1) is 12.4. The van der Waals surface area contributed by atoms with Crippen molar-refractivity contribution >= 4 is 17.7 Å². The number of aliphatic carboxylic acids is 2. The molecule has 7 heteroatoms. The number of carbonyl (C=O) groups is 3. The number of benzene rings is 1. The second kappa shape index (κ2) is 6.74. The second-order valence-electron chi connectivity index (χ2n) is 6.48. The van der Waals surface area contributed by atoms with Crippen LogP contribution in [0.15, 0.2) is 42.6 Å². The van der Waals surface area contributed by atoms with Gasteiger partial charge in [0, 0.05) is 11.9 Å².